The van der Waals surface area contributed by atoms with Crippen LogP contribution in [-0.2, 0) is 66.5 Å². The first-order valence-corrected chi connectivity index (χ1v) is 27.8. The van der Waals surface area contributed by atoms with Crippen molar-refractivity contribution in [3.63, 3.8) is 0 Å². The fourth-order valence-corrected chi connectivity index (χ4v) is 11.3. The molecule has 1 amide bonds. The van der Waals surface area contributed by atoms with Gasteiger partial charge in [0.2, 0.25) is 5.79 Å². The summed E-state index contributed by atoms with van der Waals surface area (Å²) in [6.07, 6.45) is 10.5. The number of hydrogen-bond acceptors (Lipinski definition) is 17. The van der Waals surface area contributed by atoms with Gasteiger partial charge in [0.1, 0.15) is 41.7 Å². The number of cyclic esters (lactones) is 1. The maximum absolute atomic E-state index is 14.6. The van der Waals surface area contributed by atoms with Crippen molar-refractivity contribution in [1.82, 2.24) is 4.90 Å². The molecule has 77 heavy (non-hydrogen) atoms. The van der Waals surface area contributed by atoms with Gasteiger partial charge in [-0.25, -0.2) is 4.79 Å². The zero-order valence-corrected chi connectivity index (χ0v) is 48.2. The van der Waals surface area contributed by atoms with E-state index in [0.29, 0.717) is 69.8 Å². The Balaban J connectivity index is 0.00000632. The number of nitrogens with zero attached hydrogens (tertiary/aromatic N) is 1. The molecule has 0 aromatic heterocycles. The molecular weight excluding hydrogens is 993 g/mol. The third kappa shape index (κ3) is 17.5. The smallest absolute Gasteiger partial charge is 0.453 e. The number of aliphatic hydroxyl groups excluding tert-OH is 2. The van der Waals surface area contributed by atoms with Crippen LogP contribution in [0.2, 0.25) is 6.82 Å². The molecule has 19 heteroatoms. The Morgan fingerprint density at radius 3 is 2.19 bits per heavy atom. The lowest BCUT2D eigenvalue weighted by Crippen LogP contribution is -2.61. The van der Waals surface area contributed by atoms with Crippen molar-refractivity contribution >= 4 is 42.3 Å². The third-order valence-corrected chi connectivity index (χ3v) is 16.5. The maximum atomic E-state index is 14.6. The van der Waals surface area contributed by atoms with Crippen LogP contribution in [0.3, 0.4) is 0 Å². The van der Waals surface area contributed by atoms with Crippen molar-refractivity contribution in [2.75, 3.05) is 48.2 Å². The van der Waals surface area contributed by atoms with E-state index in [1.54, 1.807) is 54.8 Å². The minimum atomic E-state index is -2.46. The van der Waals surface area contributed by atoms with Gasteiger partial charge in [0.05, 0.1) is 18.3 Å². The zero-order chi connectivity index (χ0) is 57.4. The summed E-state index contributed by atoms with van der Waals surface area (Å²) in [4.78, 5) is 86.1. The zero-order valence-electron chi connectivity index (χ0n) is 48.2. The Labute approximate surface area is 458 Å². The van der Waals surface area contributed by atoms with Crippen molar-refractivity contribution in [3.05, 3.63) is 47.6 Å². The van der Waals surface area contributed by atoms with Gasteiger partial charge in [-0.1, -0.05) is 71.1 Å². The Bertz CT molecular complexity index is 2100. The molecule has 0 radical (unpaired) electrons. The quantitative estimate of drug-likeness (QED) is 0.102. The summed E-state index contributed by atoms with van der Waals surface area (Å²) in [5.41, 5.74) is 0.269. The van der Waals surface area contributed by atoms with E-state index in [-0.39, 0.29) is 56.0 Å². The minimum absolute atomic E-state index is 0.00142. The molecule has 5 rings (SSSR count). The number of esters is 2. The summed E-state index contributed by atoms with van der Waals surface area (Å²) < 4.78 is 47.2. The van der Waals surface area contributed by atoms with Crippen molar-refractivity contribution < 1.29 is 81.8 Å². The Hall–Kier alpha value is -3.92. The fraction of sp³-hybridized carbons (Fsp3) is 0.759. The van der Waals surface area contributed by atoms with Crippen LogP contribution >= 0.6 is 0 Å². The number of carbonyl (C=O) groups excluding carboxylic acids is 6. The number of carbonyl (C=O) groups is 6. The van der Waals surface area contributed by atoms with Crippen LogP contribution in [0.4, 0.5) is 0 Å². The largest absolute Gasteiger partial charge is 0.460 e. The Morgan fingerprint density at radius 1 is 0.857 bits per heavy atom. The average Bonchev–Trinajstić information content (AvgIpc) is 3.42. The van der Waals surface area contributed by atoms with Crippen LogP contribution in [0.5, 0.6) is 0 Å². The van der Waals surface area contributed by atoms with Crippen LogP contribution in [0.25, 0.3) is 0 Å². The standard InChI is InChI=1S/C57H88BNO16.CH4O/c1-34-18-14-13-15-19-35(2)46(68-10)30-42-23-21-40(7)57(67,75-42)52(63)53(64)59-25-17-16-20-43(59)54(65)73-47(31-44(60)36(3)27-39(6)50(62)51(70-12)49(61)38(5)26-34)37(4)28-41-22-24-45(48(29-41)69-11)74-55(66)56(8)32-71-58(9)72-33-56;1-2/h13-15,18-19,27,34,36-38,40-43,45-48,50-51,62,67H,16-17,20-26,28-33H2,1-12H3;2H,1H3/b15-13?,18-14+,35-19?,39-27+;/t34-,36-,37-,38-,40-,41+,42+,43+,45-,46+,47+,48-,50-,51+,57-;/m1./s1. The molecule has 0 spiro atoms. The normalized spacial score (nSPS) is 36.5. The highest BCUT2D eigenvalue weighted by Crippen LogP contribution is 2.39. The van der Waals surface area contributed by atoms with Crippen molar-refractivity contribution in [2.24, 2.45) is 40.9 Å². The number of methoxy groups -OCH3 is 3. The predicted molar refractivity (Wildman–Crippen MR) is 289 cm³/mol. The number of ether oxygens (including phenoxy) is 6. The minimum Gasteiger partial charge on any atom is -0.460 e. The third-order valence-electron chi connectivity index (χ3n) is 16.5. The summed E-state index contributed by atoms with van der Waals surface area (Å²) in [6, 6.07) is -1.18. The average molecular weight is 1090 g/mol. The summed E-state index contributed by atoms with van der Waals surface area (Å²) >= 11 is 0. The number of fused-ring (bicyclic) bond motifs is 3. The summed E-state index contributed by atoms with van der Waals surface area (Å²) in [7, 11) is 5.10. The van der Waals surface area contributed by atoms with Crippen molar-refractivity contribution in [1.29, 1.82) is 0 Å². The molecular formula is C58H92BNO17. The molecule has 4 heterocycles. The molecule has 434 valence electrons. The maximum Gasteiger partial charge on any atom is 0.453 e. The number of allylic oxidation sites excluding steroid dienone is 6. The van der Waals surface area contributed by atoms with Gasteiger partial charge in [0.15, 0.2) is 5.78 Å². The SMILES string of the molecule is CO.CO[C@H]1C[C@@H]2CC[C@@H](C)[C@@](O)(O2)C(=O)C(=O)N2CCCC[C@H]2C(=O)O[C@H]([C@H](C)C[C@@H]2CC[C@@H](OC(=O)C3(C)COB(C)OC3)[C@H](OC)C2)CC(=O)[C@H](C)/C=C(\C)[C@@H](O)[C@@H](OC)C(=O)[C@H](C)C[C@H](C)/C=C/C=CC=C1C. The molecule has 0 unspecified atom stereocenters. The second kappa shape index (κ2) is 30.6. The lowest BCUT2D eigenvalue weighted by atomic mass is 9.78. The molecule has 4 fully saturated rings. The summed E-state index contributed by atoms with van der Waals surface area (Å²) in [6.45, 7) is 16.5. The van der Waals surface area contributed by atoms with Gasteiger partial charge in [0, 0.05) is 78.8 Å². The topological polar surface area (TPSA) is 240 Å². The fourth-order valence-electron chi connectivity index (χ4n) is 11.3. The van der Waals surface area contributed by atoms with E-state index in [2.05, 4.69) is 0 Å². The van der Waals surface area contributed by atoms with Gasteiger partial charge in [-0.05, 0) is 121 Å². The predicted octanol–water partition coefficient (Wildman–Crippen LogP) is 6.51. The second-order valence-corrected chi connectivity index (χ2v) is 22.7. The highest BCUT2D eigenvalue weighted by atomic mass is 16.6. The van der Waals surface area contributed by atoms with Crippen molar-refractivity contribution in [3.8, 4) is 0 Å². The lowest BCUT2D eigenvalue weighted by Gasteiger charge is -2.42. The van der Waals surface area contributed by atoms with Gasteiger partial charge >= 0.3 is 19.1 Å². The monoisotopic (exact) mass is 1090 g/mol. The molecule has 5 aliphatic rings. The highest BCUT2D eigenvalue weighted by molar-refractivity contribution is 6.42. The Morgan fingerprint density at radius 2 is 1.55 bits per heavy atom. The molecule has 18 nitrogen and oxygen atoms in total. The van der Waals surface area contributed by atoms with Crippen molar-refractivity contribution in [2.45, 2.75) is 194 Å². The highest BCUT2D eigenvalue weighted by Gasteiger charge is 2.53. The number of Topliss-reactive ketones (excluding diaryl/α,β-unsaturated/α-hetero) is 3. The van der Waals surface area contributed by atoms with Gasteiger partial charge < -0.3 is 57.9 Å². The summed E-state index contributed by atoms with van der Waals surface area (Å²) in [5, 5.41) is 30.6. The Kier molecular flexibility index (Phi) is 26.1. The van der Waals surface area contributed by atoms with E-state index in [9.17, 15) is 39.0 Å². The van der Waals surface area contributed by atoms with E-state index in [1.165, 1.54) is 12.0 Å². The summed E-state index contributed by atoms with van der Waals surface area (Å²) in [5.74, 6) is -8.80. The molecule has 0 aromatic rings. The van der Waals surface area contributed by atoms with E-state index >= 15 is 0 Å². The number of piperidine rings is 1. The number of amides is 1. The number of hydrogen-bond donors (Lipinski definition) is 3. The van der Waals surface area contributed by atoms with E-state index in [4.69, 9.17) is 42.8 Å². The van der Waals surface area contributed by atoms with Crippen LogP contribution < -0.4 is 0 Å². The van der Waals surface area contributed by atoms with E-state index < -0.39 is 114 Å². The molecule has 4 aliphatic heterocycles. The molecule has 1 aliphatic carbocycles. The molecule has 15 atom stereocenters. The van der Waals surface area contributed by atoms with Crippen LogP contribution in [0, 0.1) is 40.9 Å². The number of rotatable bonds is 8. The second-order valence-electron chi connectivity index (χ2n) is 22.7. The first-order valence-electron chi connectivity index (χ1n) is 27.8. The van der Waals surface area contributed by atoms with E-state index in [0.717, 1.165) is 12.7 Å². The van der Waals surface area contributed by atoms with Crippen LogP contribution in [-0.4, -0.2) is 165 Å². The molecule has 0 aromatic carbocycles. The molecule has 2 bridgehead atoms. The van der Waals surface area contributed by atoms with Gasteiger partial charge in [-0.3, -0.25) is 24.0 Å². The van der Waals surface area contributed by atoms with Crippen LogP contribution in [0.1, 0.15) is 132 Å². The van der Waals surface area contributed by atoms with E-state index in [1.807, 2.05) is 58.1 Å². The van der Waals surface area contributed by atoms with Gasteiger partial charge in [-0.15, -0.1) is 0 Å². The first kappa shape index (κ1) is 65.6. The van der Waals surface area contributed by atoms with Crippen LogP contribution in [0.15, 0.2) is 47.6 Å². The first-order chi connectivity index (χ1) is 36.5. The number of aliphatic hydroxyl groups is 3. The van der Waals surface area contributed by atoms with Gasteiger partial charge in [0.25, 0.3) is 11.7 Å². The van der Waals surface area contributed by atoms with Gasteiger partial charge in [-0.2, -0.15) is 0 Å². The molecule has 1 saturated carbocycles. The molecule has 3 N–H and O–H groups in total. The lowest BCUT2D eigenvalue weighted by molar-refractivity contribution is -0.265. The molecule has 3 saturated heterocycles. The number of ketones is 3.